The van der Waals surface area contributed by atoms with Gasteiger partial charge in [0.05, 0.1) is 0 Å². The summed E-state index contributed by atoms with van der Waals surface area (Å²) in [5, 5.41) is 2.99. The Balaban J connectivity index is 1.89. The first-order valence-corrected chi connectivity index (χ1v) is 10.7. The molecule has 1 saturated carbocycles. The van der Waals surface area contributed by atoms with Crippen LogP contribution in [0.1, 0.15) is 76.0 Å². The molecule has 0 unspecified atom stereocenters. The van der Waals surface area contributed by atoms with Crippen LogP contribution in [0.4, 0.5) is 0 Å². The van der Waals surface area contributed by atoms with Crippen LogP contribution in [0.25, 0.3) is 0 Å². The van der Waals surface area contributed by atoms with E-state index in [1.165, 1.54) is 36.0 Å². The van der Waals surface area contributed by atoms with Crippen LogP contribution in [0.5, 0.6) is 0 Å². The monoisotopic (exact) mass is 395 g/mol. The van der Waals surface area contributed by atoms with E-state index in [2.05, 4.69) is 51.2 Å². The smallest absolute Gasteiger partial charge is 0.253 e. The Morgan fingerprint density at radius 2 is 2.00 bits per heavy atom. The fraction of sp³-hybridized carbons (Fsp3) is 0.682. The molecule has 144 valence electrons. The maximum Gasteiger partial charge on any atom is 0.253 e. The van der Waals surface area contributed by atoms with Gasteiger partial charge in [-0.3, -0.25) is 4.79 Å². The third-order valence-electron chi connectivity index (χ3n) is 7.03. The molecular formula is C22H31Cl2NO. The fourth-order valence-corrected chi connectivity index (χ4v) is 5.74. The zero-order valence-electron chi connectivity index (χ0n) is 16.4. The Labute approximate surface area is 168 Å². The standard InChI is InChI=1S/C22H31Cl2NO/c1-14(2)15-6-8-17-16(12-15)7-9-18-21(3,10-5-11-22(17,18)4)13-25-20(26)19(23)24/h6,8,12,14,18-19H,5,7,9-11,13H2,1-4H3,(H,25,26)/t18-,21-,22+/m0/s1. The number of carbonyl (C=O) groups excluding carboxylic acids is 1. The number of nitrogens with one attached hydrogen (secondary N) is 1. The first kappa shape index (κ1) is 20.0. The van der Waals surface area contributed by atoms with Crippen LogP contribution in [0.15, 0.2) is 18.2 Å². The van der Waals surface area contributed by atoms with Crippen molar-refractivity contribution < 1.29 is 4.79 Å². The predicted octanol–water partition coefficient (Wildman–Crippen LogP) is 5.74. The molecule has 1 fully saturated rings. The number of halogens is 2. The number of hydrogen-bond donors (Lipinski definition) is 1. The zero-order chi connectivity index (χ0) is 19.1. The highest BCUT2D eigenvalue weighted by Gasteiger charge is 2.51. The molecule has 2 aliphatic rings. The highest BCUT2D eigenvalue weighted by molar-refractivity contribution is 6.53. The SMILES string of the molecule is CC(C)c1ccc2c(c1)CC[C@H]1[C@](C)(CNC(=O)C(Cl)Cl)CCC[C@]21C. The van der Waals surface area contributed by atoms with Gasteiger partial charge in [0.15, 0.2) is 4.84 Å². The number of carbonyl (C=O) groups is 1. The summed E-state index contributed by atoms with van der Waals surface area (Å²) in [5.74, 6) is 0.849. The molecule has 2 aliphatic carbocycles. The second-order valence-electron chi connectivity index (χ2n) is 9.11. The molecule has 0 aromatic heterocycles. The quantitative estimate of drug-likeness (QED) is 0.646. The largest absolute Gasteiger partial charge is 0.353 e. The van der Waals surface area contributed by atoms with Gasteiger partial charge in [0.2, 0.25) is 0 Å². The van der Waals surface area contributed by atoms with E-state index in [4.69, 9.17) is 23.2 Å². The summed E-state index contributed by atoms with van der Waals surface area (Å²) in [7, 11) is 0. The van der Waals surface area contributed by atoms with Crippen LogP contribution in [-0.2, 0) is 16.6 Å². The molecule has 0 radical (unpaired) electrons. The van der Waals surface area contributed by atoms with E-state index in [-0.39, 0.29) is 16.7 Å². The van der Waals surface area contributed by atoms with Crippen LogP contribution < -0.4 is 5.32 Å². The molecule has 3 rings (SSSR count). The van der Waals surface area contributed by atoms with E-state index < -0.39 is 4.84 Å². The van der Waals surface area contributed by atoms with Crippen LogP contribution in [0.3, 0.4) is 0 Å². The maximum atomic E-state index is 11.9. The van der Waals surface area contributed by atoms with Crippen molar-refractivity contribution in [2.24, 2.45) is 11.3 Å². The Morgan fingerprint density at radius 1 is 1.27 bits per heavy atom. The average Bonchev–Trinajstić information content (AvgIpc) is 2.59. The van der Waals surface area contributed by atoms with Gasteiger partial charge in [-0.25, -0.2) is 0 Å². The van der Waals surface area contributed by atoms with E-state index in [1.54, 1.807) is 0 Å². The van der Waals surface area contributed by atoms with Crippen LogP contribution in [0, 0.1) is 11.3 Å². The molecule has 1 aromatic carbocycles. The molecule has 2 nitrogen and oxygen atoms in total. The highest BCUT2D eigenvalue weighted by Crippen LogP contribution is 2.57. The summed E-state index contributed by atoms with van der Waals surface area (Å²) in [6.45, 7) is 9.95. The van der Waals surface area contributed by atoms with Crippen LogP contribution in [0.2, 0.25) is 0 Å². The van der Waals surface area contributed by atoms with Gasteiger partial charge in [-0.15, -0.1) is 0 Å². The van der Waals surface area contributed by atoms with Gasteiger partial charge in [0.1, 0.15) is 0 Å². The zero-order valence-corrected chi connectivity index (χ0v) is 17.9. The highest BCUT2D eigenvalue weighted by atomic mass is 35.5. The molecule has 1 aromatic rings. The second-order valence-corrected chi connectivity index (χ2v) is 10.2. The Kier molecular flexibility index (Phi) is 5.66. The van der Waals surface area contributed by atoms with Gasteiger partial charge < -0.3 is 5.32 Å². The van der Waals surface area contributed by atoms with Gasteiger partial charge in [-0.1, -0.05) is 75.5 Å². The number of rotatable bonds is 4. The van der Waals surface area contributed by atoms with Crippen molar-refractivity contribution in [3.8, 4) is 0 Å². The van der Waals surface area contributed by atoms with E-state index in [1.807, 2.05) is 0 Å². The first-order valence-electron chi connectivity index (χ1n) is 9.86. The van der Waals surface area contributed by atoms with E-state index in [0.29, 0.717) is 18.4 Å². The lowest BCUT2D eigenvalue weighted by atomic mass is 9.49. The topological polar surface area (TPSA) is 29.1 Å². The molecule has 0 heterocycles. The van der Waals surface area contributed by atoms with Gasteiger partial charge in [0.25, 0.3) is 5.91 Å². The third-order valence-corrected chi connectivity index (χ3v) is 7.43. The Bertz CT molecular complexity index is 687. The number of alkyl halides is 2. The number of fused-ring (bicyclic) bond motifs is 3. The first-order chi connectivity index (χ1) is 12.2. The summed E-state index contributed by atoms with van der Waals surface area (Å²) < 4.78 is 0. The van der Waals surface area contributed by atoms with Crippen molar-refractivity contribution in [1.29, 1.82) is 0 Å². The number of aryl methyl sites for hydroxylation is 1. The molecule has 0 aliphatic heterocycles. The minimum absolute atomic E-state index is 0.0831. The second kappa shape index (κ2) is 7.36. The van der Waals surface area contributed by atoms with Crippen molar-refractivity contribution in [2.75, 3.05) is 6.54 Å². The molecule has 0 bridgehead atoms. The van der Waals surface area contributed by atoms with E-state index >= 15 is 0 Å². The normalized spacial score (nSPS) is 30.8. The molecule has 0 saturated heterocycles. The predicted molar refractivity (Wildman–Crippen MR) is 110 cm³/mol. The number of hydrogen-bond acceptors (Lipinski definition) is 1. The Hall–Kier alpha value is -0.730. The lowest BCUT2D eigenvalue weighted by Gasteiger charge is -2.55. The minimum Gasteiger partial charge on any atom is -0.353 e. The lowest BCUT2D eigenvalue weighted by Crippen LogP contribution is -2.53. The Morgan fingerprint density at radius 3 is 2.65 bits per heavy atom. The van der Waals surface area contributed by atoms with Crippen molar-refractivity contribution >= 4 is 29.1 Å². The number of amides is 1. The molecule has 26 heavy (non-hydrogen) atoms. The van der Waals surface area contributed by atoms with E-state index in [9.17, 15) is 4.79 Å². The molecule has 4 heteroatoms. The van der Waals surface area contributed by atoms with E-state index in [0.717, 1.165) is 12.8 Å². The van der Waals surface area contributed by atoms with Crippen LogP contribution >= 0.6 is 23.2 Å². The summed E-state index contributed by atoms with van der Waals surface area (Å²) in [6.07, 6.45) is 5.87. The third kappa shape index (κ3) is 3.52. The summed E-state index contributed by atoms with van der Waals surface area (Å²) in [6, 6.07) is 7.13. The summed E-state index contributed by atoms with van der Waals surface area (Å²) in [4.78, 5) is 10.9. The summed E-state index contributed by atoms with van der Waals surface area (Å²) >= 11 is 11.4. The van der Waals surface area contributed by atoms with Crippen molar-refractivity contribution in [2.45, 2.75) is 76.0 Å². The van der Waals surface area contributed by atoms with Crippen LogP contribution in [-0.4, -0.2) is 17.3 Å². The fourth-order valence-electron chi connectivity index (χ4n) is 5.58. The van der Waals surface area contributed by atoms with Gasteiger partial charge in [-0.2, -0.15) is 0 Å². The van der Waals surface area contributed by atoms with Crippen molar-refractivity contribution in [3.05, 3.63) is 34.9 Å². The molecule has 1 amide bonds. The lowest BCUT2D eigenvalue weighted by molar-refractivity contribution is -0.120. The minimum atomic E-state index is -0.991. The van der Waals surface area contributed by atoms with Crippen molar-refractivity contribution in [3.63, 3.8) is 0 Å². The molecule has 0 spiro atoms. The molecule has 3 atom stereocenters. The van der Waals surface area contributed by atoms with Crippen molar-refractivity contribution in [1.82, 2.24) is 5.32 Å². The average molecular weight is 396 g/mol. The maximum absolute atomic E-state index is 11.9. The van der Waals surface area contributed by atoms with Gasteiger partial charge in [0, 0.05) is 6.54 Å². The van der Waals surface area contributed by atoms with Gasteiger partial charge >= 0.3 is 0 Å². The molecule has 1 N–H and O–H groups in total. The molecular weight excluding hydrogens is 365 g/mol. The number of benzene rings is 1. The summed E-state index contributed by atoms with van der Waals surface area (Å²) in [5.41, 5.74) is 4.77. The van der Waals surface area contributed by atoms with Gasteiger partial charge in [-0.05, 0) is 65.0 Å².